The molecule has 0 bridgehead atoms. The fraction of sp³-hybridized carbons (Fsp3) is 0.333. The standard InChI is InChI=1S/C12H12ClN3O2/c13-10-3-1-2-9(11(10)15)12(17)16-4-5-18-8(6-14)7-16/h1-3,8H,4-5,7,15H2. The highest BCUT2D eigenvalue weighted by Crippen LogP contribution is 2.24. The molecule has 0 spiro atoms. The second kappa shape index (κ2) is 5.25. The summed E-state index contributed by atoms with van der Waals surface area (Å²) in [6.45, 7) is 1.05. The number of nitrogens with two attached hydrogens (primary N) is 1. The lowest BCUT2D eigenvalue weighted by atomic mass is 10.1. The van der Waals surface area contributed by atoms with Crippen LogP contribution in [0.2, 0.25) is 5.02 Å². The van der Waals surface area contributed by atoms with Crippen LogP contribution < -0.4 is 5.73 Å². The summed E-state index contributed by atoms with van der Waals surface area (Å²) in [6, 6.07) is 6.92. The van der Waals surface area contributed by atoms with Gasteiger partial charge < -0.3 is 15.4 Å². The van der Waals surface area contributed by atoms with E-state index < -0.39 is 6.10 Å². The minimum absolute atomic E-state index is 0.224. The molecule has 1 unspecified atom stereocenters. The normalized spacial score (nSPS) is 19.3. The predicted molar refractivity (Wildman–Crippen MR) is 67.1 cm³/mol. The van der Waals surface area contributed by atoms with E-state index in [0.717, 1.165) is 0 Å². The second-order valence-electron chi connectivity index (χ2n) is 3.94. The lowest BCUT2D eigenvalue weighted by molar-refractivity contribution is 0.00351. The molecule has 1 amide bonds. The summed E-state index contributed by atoms with van der Waals surface area (Å²) in [5.74, 6) is -0.224. The van der Waals surface area contributed by atoms with Crippen LogP contribution in [0, 0.1) is 11.3 Å². The Morgan fingerprint density at radius 2 is 2.39 bits per heavy atom. The van der Waals surface area contributed by atoms with E-state index in [1.54, 1.807) is 23.1 Å². The van der Waals surface area contributed by atoms with Gasteiger partial charge in [0.25, 0.3) is 5.91 Å². The maximum Gasteiger partial charge on any atom is 0.256 e. The number of morpholine rings is 1. The van der Waals surface area contributed by atoms with Crippen LogP contribution in [0.1, 0.15) is 10.4 Å². The van der Waals surface area contributed by atoms with Gasteiger partial charge in [0.15, 0.2) is 6.10 Å². The van der Waals surface area contributed by atoms with Crippen molar-refractivity contribution in [1.82, 2.24) is 4.90 Å². The molecule has 1 aliphatic heterocycles. The van der Waals surface area contributed by atoms with E-state index in [2.05, 4.69) is 0 Å². The Morgan fingerprint density at radius 1 is 1.61 bits per heavy atom. The van der Waals surface area contributed by atoms with Gasteiger partial charge >= 0.3 is 0 Å². The first-order chi connectivity index (χ1) is 8.63. The third-order valence-electron chi connectivity index (χ3n) is 2.78. The highest BCUT2D eigenvalue weighted by atomic mass is 35.5. The highest BCUT2D eigenvalue weighted by Gasteiger charge is 2.26. The van der Waals surface area contributed by atoms with Crippen LogP contribution in [0.5, 0.6) is 0 Å². The number of anilines is 1. The topological polar surface area (TPSA) is 79.4 Å². The van der Waals surface area contributed by atoms with E-state index in [1.165, 1.54) is 0 Å². The van der Waals surface area contributed by atoms with E-state index >= 15 is 0 Å². The Hall–Kier alpha value is -1.77. The van der Waals surface area contributed by atoms with Crippen molar-refractivity contribution < 1.29 is 9.53 Å². The molecule has 0 aliphatic carbocycles. The number of nitriles is 1. The lowest BCUT2D eigenvalue weighted by Gasteiger charge is -2.30. The molecule has 5 nitrogen and oxygen atoms in total. The van der Waals surface area contributed by atoms with Crippen molar-refractivity contribution in [3.05, 3.63) is 28.8 Å². The van der Waals surface area contributed by atoms with Crippen LogP contribution in [0.15, 0.2) is 18.2 Å². The zero-order chi connectivity index (χ0) is 13.1. The third-order valence-corrected chi connectivity index (χ3v) is 3.11. The summed E-state index contributed by atoms with van der Waals surface area (Å²) in [4.78, 5) is 13.8. The predicted octanol–water partition coefficient (Wildman–Crippen LogP) is 1.29. The first kappa shape index (κ1) is 12.7. The first-order valence-electron chi connectivity index (χ1n) is 5.48. The zero-order valence-electron chi connectivity index (χ0n) is 9.60. The first-order valence-corrected chi connectivity index (χ1v) is 5.85. The van der Waals surface area contributed by atoms with Crippen LogP contribution in [0.3, 0.4) is 0 Å². The van der Waals surface area contributed by atoms with E-state index in [0.29, 0.717) is 23.7 Å². The molecule has 0 radical (unpaired) electrons. The Labute approximate surface area is 110 Å². The van der Waals surface area contributed by atoms with E-state index in [4.69, 9.17) is 27.3 Å². The van der Waals surface area contributed by atoms with Crippen LogP contribution in [0.4, 0.5) is 5.69 Å². The number of nitrogens with zero attached hydrogens (tertiary/aromatic N) is 2. The zero-order valence-corrected chi connectivity index (χ0v) is 10.4. The number of nitrogen functional groups attached to an aromatic ring is 1. The third kappa shape index (κ3) is 2.40. The SMILES string of the molecule is N#CC1CN(C(=O)c2cccc(Cl)c2N)CCO1. The van der Waals surface area contributed by atoms with Gasteiger partial charge in [-0.3, -0.25) is 4.79 Å². The second-order valence-corrected chi connectivity index (χ2v) is 4.35. The van der Waals surface area contributed by atoms with Crippen LogP contribution in [-0.4, -0.2) is 36.6 Å². The molecule has 2 N–H and O–H groups in total. The van der Waals surface area contributed by atoms with E-state index in [-0.39, 0.29) is 18.1 Å². The van der Waals surface area contributed by atoms with E-state index in [9.17, 15) is 4.79 Å². The van der Waals surface area contributed by atoms with Crippen molar-refractivity contribution in [2.45, 2.75) is 6.10 Å². The van der Waals surface area contributed by atoms with Crippen molar-refractivity contribution in [3.8, 4) is 6.07 Å². The Morgan fingerprint density at radius 3 is 3.11 bits per heavy atom. The molecule has 2 rings (SSSR count). The number of benzene rings is 1. The van der Waals surface area contributed by atoms with Gasteiger partial charge in [-0.05, 0) is 12.1 Å². The molecule has 1 atom stereocenters. The summed E-state index contributed by atoms with van der Waals surface area (Å²) < 4.78 is 5.19. The van der Waals surface area contributed by atoms with Crippen molar-refractivity contribution in [1.29, 1.82) is 5.26 Å². The smallest absolute Gasteiger partial charge is 0.256 e. The summed E-state index contributed by atoms with van der Waals surface area (Å²) >= 11 is 5.88. The van der Waals surface area contributed by atoms with Crippen molar-refractivity contribution in [2.75, 3.05) is 25.4 Å². The van der Waals surface area contributed by atoms with Crippen LogP contribution >= 0.6 is 11.6 Å². The number of halogens is 1. The minimum atomic E-state index is -0.580. The van der Waals surface area contributed by atoms with Crippen molar-refractivity contribution in [3.63, 3.8) is 0 Å². The van der Waals surface area contributed by atoms with Crippen LogP contribution in [0.25, 0.3) is 0 Å². The van der Waals surface area contributed by atoms with Gasteiger partial charge in [0.1, 0.15) is 0 Å². The van der Waals surface area contributed by atoms with E-state index in [1.807, 2.05) is 6.07 Å². The number of ether oxygens (including phenoxy) is 1. The number of hydrogen-bond acceptors (Lipinski definition) is 4. The monoisotopic (exact) mass is 265 g/mol. The molecule has 0 aromatic heterocycles. The summed E-state index contributed by atoms with van der Waals surface area (Å²) in [5, 5.41) is 9.15. The summed E-state index contributed by atoms with van der Waals surface area (Å²) in [5.41, 5.74) is 6.41. The van der Waals surface area contributed by atoms with Gasteiger partial charge in [-0.25, -0.2) is 0 Å². The average molecular weight is 266 g/mol. The van der Waals surface area contributed by atoms with Gasteiger partial charge in [-0.1, -0.05) is 17.7 Å². The molecule has 1 aromatic rings. The van der Waals surface area contributed by atoms with Gasteiger partial charge in [0, 0.05) is 6.54 Å². The molecule has 0 saturated carbocycles. The van der Waals surface area contributed by atoms with Crippen molar-refractivity contribution in [2.24, 2.45) is 0 Å². The summed E-state index contributed by atoms with van der Waals surface area (Å²) in [7, 11) is 0. The Bertz CT molecular complexity index is 513. The molecule has 1 aliphatic rings. The number of carbonyl (C=O) groups excluding carboxylic acids is 1. The number of para-hydroxylation sites is 1. The van der Waals surface area contributed by atoms with Gasteiger partial charge in [-0.15, -0.1) is 0 Å². The Kier molecular flexibility index (Phi) is 3.70. The molecular formula is C12H12ClN3O2. The van der Waals surface area contributed by atoms with Gasteiger partial charge in [0.05, 0.1) is 35.5 Å². The molecule has 6 heteroatoms. The molecule has 1 heterocycles. The number of rotatable bonds is 1. The molecule has 1 fully saturated rings. The average Bonchev–Trinajstić information content (AvgIpc) is 2.41. The fourth-order valence-electron chi connectivity index (χ4n) is 1.81. The maximum atomic E-state index is 12.3. The maximum absolute atomic E-state index is 12.3. The van der Waals surface area contributed by atoms with Gasteiger partial charge in [-0.2, -0.15) is 5.26 Å². The quantitative estimate of drug-likeness (QED) is 0.776. The molecule has 18 heavy (non-hydrogen) atoms. The minimum Gasteiger partial charge on any atom is -0.397 e. The fourth-order valence-corrected chi connectivity index (χ4v) is 1.98. The molecule has 1 saturated heterocycles. The number of carbonyl (C=O) groups is 1. The largest absolute Gasteiger partial charge is 0.397 e. The highest BCUT2D eigenvalue weighted by molar-refractivity contribution is 6.33. The van der Waals surface area contributed by atoms with Crippen LogP contribution in [-0.2, 0) is 4.74 Å². The van der Waals surface area contributed by atoms with Crippen molar-refractivity contribution >= 4 is 23.2 Å². The Balaban J connectivity index is 2.21. The lowest BCUT2D eigenvalue weighted by Crippen LogP contribution is -2.45. The molecule has 94 valence electrons. The number of amides is 1. The number of hydrogen-bond donors (Lipinski definition) is 1. The summed E-state index contributed by atoms with van der Waals surface area (Å²) in [6.07, 6.45) is -0.580. The van der Waals surface area contributed by atoms with Gasteiger partial charge in [0.2, 0.25) is 0 Å². The molecular weight excluding hydrogens is 254 g/mol. The molecule has 1 aromatic carbocycles.